The standard InChI is InChI=1S/C16H12F3IN2O2/c17-16(18,19)11-3-1-10(2-4-11)15(24)21-9-14(23)22-13-7-5-12(20)6-8-13/h1-8H,9H2,(H,21,24)(H,22,23). The lowest BCUT2D eigenvalue weighted by Gasteiger charge is -2.09. The quantitative estimate of drug-likeness (QED) is 0.702. The highest BCUT2D eigenvalue weighted by atomic mass is 127. The van der Waals surface area contributed by atoms with Crippen molar-refractivity contribution >= 4 is 40.1 Å². The van der Waals surface area contributed by atoms with Gasteiger partial charge >= 0.3 is 6.18 Å². The Morgan fingerprint density at radius 3 is 2.08 bits per heavy atom. The first kappa shape index (κ1) is 18.2. The van der Waals surface area contributed by atoms with Gasteiger partial charge in [-0.15, -0.1) is 0 Å². The lowest BCUT2D eigenvalue weighted by Crippen LogP contribution is -2.32. The summed E-state index contributed by atoms with van der Waals surface area (Å²) < 4.78 is 38.4. The fourth-order valence-corrected chi connectivity index (χ4v) is 2.17. The molecule has 126 valence electrons. The fourth-order valence-electron chi connectivity index (χ4n) is 1.81. The van der Waals surface area contributed by atoms with Crippen LogP contribution in [0.1, 0.15) is 15.9 Å². The Labute approximate surface area is 149 Å². The first-order chi connectivity index (χ1) is 11.3. The second-order valence-electron chi connectivity index (χ2n) is 4.81. The van der Waals surface area contributed by atoms with Gasteiger partial charge in [0, 0.05) is 14.8 Å². The van der Waals surface area contributed by atoms with Crippen LogP contribution in [0.15, 0.2) is 48.5 Å². The van der Waals surface area contributed by atoms with E-state index in [0.29, 0.717) is 5.69 Å². The molecule has 0 spiro atoms. The Bertz CT molecular complexity index is 728. The van der Waals surface area contributed by atoms with E-state index in [-0.39, 0.29) is 12.1 Å². The number of nitrogens with one attached hydrogen (secondary N) is 2. The first-order valence-electron chi connectivity index (χ1n) is 6.76. The number of amides is 2. The van der Waals surface area contributed by atoms with Crippen LogP contribution in [0.3, 0.4) is 0 Å². The van der Waals surface area contributed by atoms with Gasteiger partial charge in [-0.3, -0.25) is 9.59 Å². The molecule has 0 heterocycles. The molecule has 0 bridgehead atoms. The molecule has 0 fully saturated rings. The molecule has 0 saturated carbocycles. The first-order valence-corrected chi connectivity index (χ1v) is 7.84. The largest absolute Gasteiger partial charge is 0.416 e. The Hall–Kier alpha value is -2.10. The van der Waals surface area contributed by atoms with E-state index in [0.717, 1.165) is 27.8 Å². The van der Waals surface area contributed by atoms with Crippen molar-refractivity contribution in [2.75, 3.05) is 11.9 Å². The molecule has 2 N–H and O–H groups in total. The van der Waals surface area contributed by atoms with E-state index in [4.69, 9.17) is 0 Å². The number of anilines is 1. The maximum atomic E-state index is 12.5. The van der Waals surface area contributed by atoms with Gasteiger partial charge in [-0.25, -0.2) is 0 Å². The summed E-state index contributed by atoms with van der Waals surface area (Å²) >= 11 is 2.13. The maximum Gasteiger partial charge on any atom is 0.416 e. The Morgan fingerprint density at radius 1 is 0.958 bits per heavy atom. The fraction of sp³-hybridized carbons (Fsp3) is 0.125. The van der Waals surface area contributed by atoms with Gasteiger partial charge in [-0.05, 0) is 71.1 Å². The number of alkyl halides is 3. The third-order valence-electron chi connectivity index (χ3n) is 3.01. The summed E-state index contributed by atoms with van der Waals surface area (Å²) in [5.74, 6) is -1.06. The van der Waals surface area contributed by atoms with E-state index < -0.39 is 23.6 Å². The molecule has 0 aromatic heterocycles. The molecular weight excluding hydrogens is 436 g/mol. The molecule has 0 aliphatic carbocycles. The van der Waals surface area contributed by atoms with Gasteiger partial charge in [0.15, 0.2) is 0 Å². The third-order valence-corrected chi connectivity index (χ3v) is 3.73. The molecule has 0 radical (unpaired) electrons. The van der Waals surface area contributed by atoms with Crippen LogP contribution in [-0.4, -0.2) is 18.4 Å². The van der Waals surface area contributed by atoms with Crippen LogP contribution in [0.4, 0.5) is 18.9 Å². The van der Waals surface area contributed by atoms with Crippen molar-refractivity contribution < 1.29 is 22.8 Å². The van der Waals surface area contributed by atoms with Crippen LogP contribution in [0, 0.1) is 3.57 Å². The van der Waals surface area contributed by atoms with Gasteiger partial charge in [-0.2, -0.15) is 13.2 Å². The van der Waals surface area contributed by atoms with Gasteiger partial charge in [0.1, 0.15) is 0 Å². The van der Waals surface area contributed by atoms with E-state index in [1.165, 1.54) is 0 Å². The number of halogens is 4. The summed E-state index contributed by atoms with van der Waals surface area (Å²) in [6.45, 7) is -0.286. The van der Waals surface area contributed by atoms with Gasteiger partial charge < -0.3 is 10.6 Å². The van der Waals surface area contributed by atoms with Crippen molar-refractivity contribution in [1.29, 1.82) is 0 Å². The monoisotopic (exact) mass is 448 g/mol. The second kappa shape index (κ2) is 7.65. The normalized spacial score (nSPS) is 11.0. The predicted molar refractivity (Wildman–Crippen MR) is 91.6 cm³/mol. The summed E-state index contributed by atoms with van der Waals surface area (Å²) in [5.41, 5.74) is -0.204. The lowest BCUT2D eigenvalue weighted by molar-refractivity contribution is -0.137. The predicted octanol–water partition coefficient (Wildman–Crippen LogP) is 3.68. The minimum atomic E-state index is -4.46. The minimum Gasteiger partial charge on any atom is -0.343 e. The molecule has 4 nitrogen and oxygen atoms in total. The number of rotatable bonds is 4. The highest BCUT2D eigenvalue weighted by Crippen LogP contribution is 2.29. The van der Waals surface area contributed by atoms with Crippen LogP contribution >= 0.6 is 22.6 Å². The Kier molecular flexibility index (Phi) is 5.81. The van der Waals surface area contributed by atoms with E-state index in [1.54, 1.807) is 12.1 Å². The van der Waals surface area contributed by atoms with Crippen molar-refractivity contribution in [3.63, 3.8) is 0 Å². The summed E-state index contributed by atoms with van der Waals surface area (Å²) in [6, 6.07) is 10.8. The molecule has 0 saturated heterocycles. The number of carbonyl (C=O) groups excluding carboxylic acids is 2. The Balaban J connectivity index is 1.88. The molecule has 2 aromatic carbocycles. The zero-order valence-corrected chi connectivity index (χ0v) is 14.3. The zero-order chi connectivity index (χ0) is 17.7. The molecular formula is C16H12F3IN2O2. The van der Waals surface area contributed by atoms with Crippen LogP contribution in [0.5, 0.6) is 0 Å². The summed E-state index contributed by atoms with van der Waals surface area (Å²) in [6.07, 6.45) is -4.46. The minimum absolute atomic E-state index is 0.0464. The summed E-state index contributed by atoms with van der Waals surface area (Å²) in [4.78, 5) is 23.6. The highest BCUT2D eigenvalue weighted by molar-refractivity contribution is 14.1. The smallest absolute Gasteiger partial charge is 0.343 e. The van der Waals surface area contributed by atoms with E-state index in [9.17, 15) is 22.8 Å². The molecule has 0 aliphatic heterocycles. The average molecular weight is 448 g/mol. The van der Waals surface area contributed by atoms with E-state index in [2.05, 4.69) is 33.2 Å². The zero-order valence-electron chi connectivity index (χ0n) is 12.2. The molecule has 2 amide bonds. The molecule has 0 aliphatic rings. The summed E-state index contributed by atoms with van der Waals surface area (Å²) in [5, 5.41) is 4.95. The maximum absolute atomic E-state index is 12.5. The Morgan fingerprint density at radius 2 is 1.54 bits per heavy atom. The van der Waals surface area contributed by atoms with Crippen LogP contribution < -0.4 is 10.6 Å². The van der Waals surface area contributed by atoms with Crippen molar-refractivity contribution in [3.05, 3.63) is 63.2 Å². The van der Waals surface area contributed by atoms with Crippen molar-refractivity contribution in [2.45, 2.75) is 6.18 Å². The SMILES string of the molecule is O=C(CNC(=O)c1ccc(C(F)(F)F)cc1)Nc1ccc(I)cc1. The molecule has 2 aromatic rings. The highest BCUT2D eigenvalue weighted by Gasteiger charge is 2.30. The lowest BCUT2D eigenvalue weighted by atomic mass is 10.1. The number of carbonyl (C=O) groups is 2. The van der Waals surface area contributed by atoms with Crippen LogP contribution in [0.2, 0.25) is 0 Å². The van der Waals surface area contributed by atoms with Gasteiger partial charge in [0.2, 0.25) is 5.91 Å². The van der Waals surface area contributed by atoms with Crippen molar-refractivity contribution in [1.82, 2.24) is 5.32 Å². The summed E-state index contributed by atoms with van der Waals surface area (Å²) in [7, 11) is 0. The molecule has 24 heavy (non-hydrogen) atoms. The van der Waals surface area contributed by atoms with Gasteiger partial charge in [0.25, 0.3) is 5.91 Å². The average Bonchev–Trinajstić information content (AvgIpc) is 2.54. The van der Waals surface area contributed by atoms with Crippen molar-refractivity contribution in [3.8, 4) is 0 Å². The van der Waals surface area contributed by atoms with Gasteiger partial charge in [-0.1, -0.05) is 0 Å². The van der Waals surface area contributed by atoms with Gasteiger partial charge in [0.05, 0.1) is 12.1 Å². The van der Waals surface area contributed by atoms with Crippen LogP contribution in [-0.2, 0) is 11.0 Å². The van der Waals surface area contributed by atoms with E-state index >= 15 is 0 Å². The topological polar surface area (TPSA) is 58.2 Å². The second-order valence-corrected chi connectivity index (χ2v) is 6.06. The molecule has 2 rings (SSSR count). The number of hydrogen-bond acceptors (Lipinski definition) is 2. The number of benzene rings is 2. The molecule has 0 unspecified atom stereocenters. The van der Waals surface area contributed by atoms with Crippen molar-refractivity contribution in [2.24, 2.45) is 0 Å². The molecule has 0 atom stereocenters. The van der Waals surface area contributed by atoms with E-state index in [1.807, 2.05) is 12.1 Å². The third kappa shape index (κ3) is 5.22. The molecule has 8 heteroatoms. The number of hydrogen-bond donors (Lipinski definition) is 2. The van der Waals surface area contributed by atoms with Crippen LogP contribution in [0.25, 0.3) is 0 Å².